The molecule has 1 aliphatic heterocycles. The van der Waals surface area contributed by atoms with Gasteiger partial charge in [0, 0.05) is 26.6 Å². The molecule has 0 amide bonds. The van der Waals surface area contributed by atoms with Gasteiger partial charge in [0.15, 0.2) is 5.82 Å². The van der Waals surface area contributed by atoms with Crippen molar-refractivity contribution in [1.29, 1.82) is 0 Å². The van der Waals surface area contributed by atoms with E-state index in [4.69, 9.17) is 9.26 Å². The van der Waals surface area contributed by atoms with Crippen LogP contribution in [0.1, 0.15) is 32.5 Å². The second-order valence-corrected chi connectivity index (χ2v) is 6.06. The summed E-state index contributed by atoms with van der Waals surface area (Å²) in [6.07, 6.45) is 0.659. The number of aliphatic hydroxyl groups is 1. The fourth-order valence-corrected chi connectivity index (χ4v) is 2.84. The van der Waals surface area contributed by atoms with Crippen LogP contribution in [-0.4, -0.2) is 52.6 Å². The molecule has 2 heterocycles. The molecule has 0 radical (unpaired) electrons. The van der Waals surface area contributed by atoms with Crippen LogP contribution in [0, 0.1) is 11.8 Å². The third-order valence-electron chi connectivity index (χ3n) is 4.26. The first-order valence-electron chi connectivity index (χ1n) is 7.21. The molecule has 2 atom stereocenters. The van der Waals surface area contributed by atoms with Crippen LogP contribution in [-0.2, 0) is 17.7 Å². The van der Waals surface area contributed by atoms with Gasteiger partial charge in [0.1, 0.15) is 0 Å². The van der Waals surface area contributed by atoms with Crippen LogP contribution in [0.25, 0.3) is 0 Å². The largest absolute Gasteiger partial charge is 0.388 e. The van der Waals surface area contributed by atoms with Crippen molar-refractivity contribution >= 4 is 0 Å². The van der Waals surface area contributed by atoms with Gasteiger partial charge in [-0.2, -0.15) is 4.98 Å². The molecule has 0 spiro atoms. The Kier molecular flexibility index (Phi) is 4.78. The Morgan fingerprint density at radius 2 is 2.30 bits per heavy atom. The molecular weight excluding hydrogens is 258 g/mol. The highest BCUT2D eigenvalue weighted by Crippen LogP contribution is 2.34. The predicted molar refractivity (Wildman–Crippen MR) is 74.1 cm³/mol. The summed E-state index contributed by atoms with van der Waals surface area (Å²) in [5, 5.41) is 14.6. The number of methoxy groups -OCH3 is 1. The molecule has 1 fully saturated rings. The number of hydrogen-bond donors (Lipinski definition) is 1. The van der Waals surface area contributed by atoms with Crippen molar-refractivity contribution in [2.24, 2.45) is 11.8 Å². The van der Waals surface area contributed by atoms with E-state index < -0.39 is 5.60 Å². The smallest absolute Gasteiger partial charge is 0.240 e. The zero-order valence-electron chi connectivity index (χ0n) is 12.8. The Morgan fingerprint density at radius 3 is 2.90 bits per heavy atom. The molecule has 6 heteroatoms. The summed E-state index contributed by atoms with van der Waals surface area (Å²) in [6, 6.07) is 0. The third-order valence-corrected chi connectivity index (χ3v) is 4.26. The Morgan fingerprint density at radius 1 is 1.55 bits per heavy atom. The number of β-amino-alcohol motifs (C(OH)–C–C–N with tert-alkyl or cyclic N) is 1. The summed E-state index contributed by atoms with van der Waals surface area (Å²) in [5.41, 5.74) is -0.626. The lowest BCUT2D eigenvalue weighted by Gasteiger charge is -2.31. The van der Waals surface area contributed by atoms with E-state index in [-0.39, 0.29) is 11.8 Å². The van der Waals surface area contributed by atoms with Gasteiger partial charge in [0.25, 0.3) is 0 Å². The summed E-state index contributed by atoms with van der Waals surface area (Å²) in [7, 11) is 1.65. The lowest BCUT2D eigenvalue weighted by atomic mass is 9.82. The van der Waals surface area contributed by atoms with Crippen LogP contribution in [0.5, 0.6) is 0 Å². The number of likely N-dealkylation sites (tertiary alicyclic amines) is 1. The number of hydrogen-bond acceptors (Lipinski definition) is 6. The highest BCUT2D eigenvalue weighted by Gasteiger charge is 2.44. The summed E-state index contributed by atoms with van der Waals surface area (Å²) >= 11 is 0. The molecule has 2 rings (SSSR count). The van der Waals surface area contributed by atoms with Gasteiger partial charge in [-0.05, 0) is 11.8 Å². The van der Waals surface area contributed by atoms with Gasteiger partial charge in [-0.15, -0.1) is 0 Å². The van der Waals surface area contributed by atoms with Crippen LogP contribution in [0.3, 0.4) is 0 Å². The van der Waals surface area contributed by atoms with Gasteiger partial charge in [-0.1, -0.05) is 25.9 Å². The predicted octanol–water partition coefficient (Wildman–Crippen LogP) is 1.10. The second kappa shape index (κ2) is 6.20. The van der Waals surface area contributed by atoms with E-state index in [1.165, 1.54) is 0 Å². The van der Waals surface area contributed by atoms with Crippen LogP contribution >= 0.6 is 0 Å². The maximum absolute atomic E-state index is 10.7. The molecule has 6 nitrogen and oxygen atoms in total. The first kappa shape index (κ1) is 15.4. The maximum Gasteiger partial charge on any atom is 0.240 e. The average molecular weight is 283 g/mol. The highest BCUT2D eigenvalue weighted by molar-refractivity contribution is 4.98. The van der Waals surface area contributed by atoms with Crippen molar-refractivity contribution < 1.29 is 14.4 Å². The number of rotatable bonds is 6. The Labute approximate surface area is 120 Å². The SMILES string of the molecule is COCCc1noc(CN2C[C@@H](C)[C@](O)(C(C)C)C2)n1. The summed E-state index contributed by atoms with van der Waals surface area (Å²) < 4.78 is 10.2. The van der Waals surface area contributed by atoms with Crippen molar-refractivity contribution in [2.75, 3.05) is 26.8 Å². The fourth-order valence-electron chi connectivity index (χ4n) is 2.84. The quantitative estimate of drug-likeness (QED) is 0.843. The van der Waals surface area contributed by atoms with Gasteiger partial charge in [-0.3, -0.25) is 4.90 Å². The Hall–Kier alpha value is -0.980. The minimum Gasteiger partial charge on any atom is -0.388 e. The summed E-state index contributed by atoms with van der Waals surface area (Å²) in [5.74, 6) is 1.77. The van der Waals surface area contributed by atoms with Crippen molar-refractivity contribution in [3.63, 3.8) is 0 Å². The molecule has 20 heavy (non-hydrogen) atoms. The second-order valence-electron chi connectivity index (χ2n) is 6.06. The van der Waals surface area contributed by atoms with Gasteiger partial charge in [0.05, 0.1) is 18.8 Å². The van der Waals surface area contributed by atoms with Gasteiger partial charge in [-0.25, -0.2) is 0 Å². The minimum atomic E-state index is -0.626. The topological polar surface area (TPSA) is 71.6 Å². The first-order valence-corrected chi connectivity index (χ1v) is 7.21. The number of nitrogens with zero attached hydrogens (tertiary/aromatic N) is 3. The number of ether oxygens (including phenoxy) is 1. The maximum atomic E-state index is 10.7. The fraction of sp³-hybridized carbons (Fsp3) is 0.857. The van der Waals surface area contributed by atoms with E-state index in [1.807, 2.05) is 0 Å². The monoisotopic (exact) mass is 283 g/mol. The summed E-state index contributed by atoms with van der Waals surface area (Å²) in [4.78, 5) is 6.53. The standard InChI is InChI=1S/C14H25N3O3/c1-10(2)14(18)9-17(7-11(14)3)8-13-15-12(16-20-13)5-6-19-4/h10-11,18H,5-9H2,1-4H3/t11-,14-/m1/s1. The molecule has 114 valence electrons. The van der Waals surface area contributed by atoms with Crippen LogP contribution < -0.4 is 0 Å². The van der Waals surface area contributed by atoms with E-state index in [0.29, 0.717) is 37.8 Å². The molecule has 0 bridgehead atoms. The zero-order chi connectivity index (χ0) is 14.8. The molecule has 0 unspecified atom stereocenters. The molecule has 1 aromatic heterocycles. The van der Waals surface area contributed by atoms with E-state index in [2.05, 4.69) is 35.8 Å². The normalized spacial score (nSPS) is 27.6. The third kappa shape index (κ3) is 3.19. The van der Waals surface area contributed by atoms with E-state index in [0.717, 1.165) is 6.54 Å². The Bertz CT molecular complexity index is 435. The molecule has 0 aromatic carbocycles. The number of aromatic nitrogens is 2. The van der Waals surface area contributed by atoms with Crippen LogP contribution in [0.2, 0.25) is 0 Å². The van der Waals surface area contributed by atoms with E-state index in [1.54, 1.807) is 7.11 Å². The lowest BCUT2D eigenvalue weighted by Crippen LogP contribution is -2.42. The van der Waals surface area contributed by atoms with E-state index >= 15 is 0 Å². The van der Waals surface area contributed by atoms with Crippen LogP contribution in [0.15, 0.2) is 4.52 Å². The molecule has 1 aromatic rings. The van der Waals surface area contributed by atoms with Gasteiger partial charge in [0.2, 0.25) is 5.89 Å². The molecular formula is C14H25N3O3. The van der Waals surface area contributed by atoms with Crippen molar-refractivity contribution in [3.05, 3.63) is 11.7 Å². The molecule has 0 aliphatic carbocycles. The minimum absolute atomic E-state index is 0.238. The first-order chi connectivity index (χ1) is 9.45. The summed E-state index contributed by atoms with van der Waals surface area (Å²) in [6.45, 7) is 8.92. The highest BCUT2D eigenvalue weighted by atomic mass is 16.5. The van der Waals surface area contributed by atoms with Crippen molar-refractivity contribution in [1.82, 2.24) is 15.0 Å². The Balaban J connectivity index is 1.93. The molecule has 1 N–H and O–H groups in total. The molecule has 0 saturated carbocycles. The average Bonchev–Trinajstić information content (AvgIpc) is 2.94. The van der Waals surface area contributed by atoms with Gasteiger partial charge >= 0.3 is 0 Å². The van der Waals surface area contributed by atoms with Crippen molar-refractivity contribution in [3.8, 4) is 0 Å². The van der Waals surface area contributed by atoms with Crippen LogP contribution in [0.4, 0.5) is 0 Å². The van der Waals surface area contributed by atoms with E-state index in [9.17, 15) is 5.11 Å². The molecule has 1 aliphatic rings. The zero-order valence-corrected chi connectivity index (χ0v) is 12.8. The van der Waals surface area contributed by atoms with Gasteiger partial charge < -0.3 is 14.4 Å². The van der Waals surface area contributed by atoms with Crippen molar-refractivity contribution in [2.45, 2.75) is 39.3 Å². The molecule has 1 saturated heterocycles. The lowest BCUT2D eigenvalue weighted by molar-refractivity contribution is -0.0258.